The maximum atomic E-state index is 12.9. The molecule has 78 valence electrons. The predicted octanol–water partition coefficient (Wildman–Crippen LogP) is 2.63. The second-order valence-corrected chi connectivity index (χ2v) is 3.91. The van der Waals surface area contributed by atoms with E-state index in [0.717, 1.165) is 6.07 Å². The molecule has 1 heterocycles. The minimum absolute atomic E-state index is 0.0403. The van der Waals surface area contributed by atoms with E-state index in [9.17, 15) is 9.50 Å². The Morgan fingerprint density at radius 1 is 1.43 bits per heavy atom. The highest BCUT2D eigenvalue weighted by Gasteiger charge is 2.19. The van der Waals surface area contributed by atoms with Crippen LogP contribution in [0.25, 0.3) is 0 Å². The molecule has 0 saturated carbocycles. The zero-order chi connectivity index (χ0) is 10.9. The van der Waals surface area contributed by atoms with Crippen LogP contribution < -0.4 is 4.74 Å². The van der Waals surface area contributed by atoms with Gasteiger partial charge >= 0.3 is 0 Å². The van der Waals surface area contributed by atoms with Crippen LogP contribution in [0.4, 0.5) is 4.39 Å². The van der Waals surface area contributed by atoms with Crippen LogP contribution in [0.15, 0.2) is 6.07 Å². The SMILES string of the molecule is CC(C)(O)Oc1nc(F)c(Cl)cc1Cl. The van der Waals surface area contributed by atoms with Crippen LogP contribution in [-0.2, 0) is 0 Å². The molecular formula is C8H8Cl2FNO2. The first kappa shape index (κ1) is 11.5. The molecule has 6 heteroatoms. The predicted molar refractivity (Wildman–Crippen MR) is 51.1 cm³/mol. The van der Waals surface area contributed by atoms with Crippen molar-refractivity contribution in [1.29, 1.82) is 0 Å². The highest BCUT2D eigenvalue weighted by molar-refractivity contribution is 6.35. The third-order valence-electron chi connectivity index (χ3n) is 1.20. The molecule has 0 bridgehead atoms. The molecule has 0 radical (unpaired) electrons. The smallest absolute Gasteiger partial charge is 0.237 e. The Morgan fingerprint density at radius 2 is 2.00 bits per heavy atom. The summed E-state index contributed by atoms with van der Waals surface area (Å²) in [6, 6.07) is 1.16. The summed E-state index contributed by atoms with van der Waals surface area (Å²) in [5, 5.41) is 9.12. The van der Waals surface area contributed by atoms with Gasteiger partial charge in [0.05, 0.1) is 5.02 Å². The Morgan fingerprint density at radius 3 is 2.50 bits per heavy atom. The van der Waals surface area contributed by atoms with E-state index in [1.165, 1.54) is 13.8 Å². The molecule has 0 spiro atoms. The van der Waals surface area contributed by atoms with Crippen molar-refractivity contribution in [3.63, 3.8) is 0 Å². The topological polar surface area (TPSA) is 42.4 Å². The van der Waals surface area contributed by atoms with Gasteiger partial charge in [0.2, 0.25) is 17.6 Å². The number of hydrogen-bond donors (Lipinski definition) is 1. The summed E-state index contributed by atoms with van der Waals surface area (Å²) in [6.07, 6.45) is 0. The Labute approximate surface area is 90.4 Å². The summed E-state index contributed by atoms with van der Waals surface area (Å²) in [5.74, 6) is -2.56. The molecule has 14 heavy (non-hydrogen) atoms. The fraction of sp³-hybridized carbons (Fsp3) is 0.375. The van der Waals surface area contributed by atoms with Gasteiger partial charge in [0.1, 0.15) is 5.02 Å². The van der Waals surface area contributed by atoms with Crippen molar-refractivity contribution in [2.24, 2.45) is 0 Å². The van der Waals surface area contributed by atoms with Gasteiger partial charge in [0, 0.05) is 13.8 Å². The molecule has 1 aromatic rings. The van der Waals surface area contributed by atoms with Crippen molar-refractivity contribution in [3.8, 4) is 5.88 Å². The normalized spacial score (nSPS) is 11.6. The van der Waals surface area contributed by atoms with Crippen LogP contribution in [0.5, 0.6) is 5.88 Å². The van der Waals surface area contributed by atoms with Gasteiger partial charge in [0.15, 0.2) is 0 Å². The zero-order valence-electron chi connectivity index (χ0n) is 7.51. The number of aliphatic hydroxyl groups is 1. The van der Waals surface area contributed by atoms with E-state index in [1.54, 1.807) is 0 Å². The Bertz CT molecular complexity index is 352. The van der Waals surface area contributed by atoms with Crippen molar-refractivity contribution >= 4 is 23.2 Å². The maximum Gasteiger partial charge on any atom is 0.237 e. The summed E-state index contributed by atoms with van der Waals surface area (Å²) in [7, 11) is 0. The first-order valence-corrected chi connectivity index (χ1v) is 4.48. The van der Waals surface area contributed by atoms with Crippen molar-refractivity contribution in [2.75, 3.05) is 0 Å². The van der Waals surface area contributed by atoms with E-state index in [2.05, 4.69) is 4.98 Å². The number of rotatable bonds is 2. The molecule has 1 rings (SSSR count). The second-order valence-electron chi connectivity index (χ2n) is 3.10. The summed E-state index contributed by atoms with van der Waals surface area (Å²) in [4.78, 5) is 3.34. The molecule has 0 unspecified atom stereocenters. The lowest BCUT2D eigenvalue weighted by atomic mass is 10.4. The lowest BCUT2D eigenvalue weighted by Crippen LogP contribution is -2.27. The van der Waals surface area contributed by atoms with Crippen LogP contribution in [-0.4, -0.2) is 15.9 Å². The van der Waals surface area contributed by atoms with Crippen molar-refractivity contribution in [1.82, 2.24) is 4.98 Å². The molecule has 0 atom stereocenters. The summed E-state index contributed by atoms with van der Waals surface area (Å²) >= 11 is 11.1. The van der Waals surface area contributed by atoms with Gasteiger partial charge in [0.25, 0.3) is 0 Å². The number of pyridine rings is 1. The summed E-state index contributed by atoms with van der Waals surface area (Å²) in [6.45, 7) is 2.75. The minimum atomic E-state index is -1.48. The fourth-order valence-corrected chi connectivity index (χ4v) is 1.13. The molecular weight excluding hydrogens is 232 g/mol. The van der Waals surface area contributed by atoms with E-state index >= 15 is 0 Å². The third kappa shape index (κ3) is 2.97. The number of aromatic nitrogens is 1. The standard InChI is InChI=1S/C8H8Cl2FNO2/c1-8(2,13)14-7-5(10)3-4(9)6(11)12-7/h3,13H,1-2H3. The lowest BCUT2D eigenvalue weighted by Gasteiger charge is -2.19. The van der Waals surface area contributed by atoms with Crippen LogP contribution in [0.3, 0.4) is 0 Å². The fourth-order valence-electron chi connectivity index (χ4n) is 0.737. The molecule has 0 amide bonds. The van der Waals surface area contributed by atoms with Gasteiger partial charge in [-0.3, -0.25) is 0 Å². The number of hydrogen-bond acceptors (Lipinski definition) is 3. The van der Waals surface area contributed by atoms with E-state index in [1.807, 2.05) is 0 Å². The van der Waals surface area contributed by atoms with E-state index in [-0.39, 0.29) is 15.9 Å². The largest absolute Gasteiger partial charge is 0.445 e. The Kier molecular flexibility index (Phi) is 3.19. The van der Waals surface area contributed by atoms with Gasteiger partial charge in [-0.15, -0.1) is 0 Å². The molecule has 1 aromatic heterocycles. The van der Waals surface area contributed by atoms with Crippen LogP contribution in [0.1, 0.15) is 13.8 Å². The minimum Gasteiger partial charge on any atom is -0.445 e. The first-order valence-electron chi connectivity index (χ1n) is 3.72. The second kappa shape index (κ2) is 3.88. The van der Waals surface area contributed by atoms with Gasteiger partial charge < -0.3 is 9.84 Å². The molecule has 0 aliphatic carbocycles. The van der Waals surface area contributed by atoms with Crippen molar-refractivity contribution in [2.45, 2.75) is 19.6 Å². The summed E-state index contributed by atoms with van der Waals surface area (Å²) < 4.78 is 17.8. The average Bonchev–Trinajstić information content (AvgIpc) is 1.97. The molecule has 3 nitrogen and oxygen atoms in total. The average molecular weight is 240 g/mol. The third-order valence-corrected chi connectivity index (χ3v) is 1.74. The highest BCUT2D eigenvalue weighted by Crippen LogP contribution is 2.28. The lowest BCUT2D eigenvalue weighted by molar-refractivity contribution is -0.107. The van der Waals surface area contributed by atoms with Gasteiger partial charge in [-0.2, -0.15) is 9.37 Å². The Balaban J connectivity index is 3.04. The molecule has 0 aliphatic heterocycles. The Hall–Kier alpha value is -0.580. The van der Waals surface area contributed by atoms with Gasteiger partial charge in [-0.05, 0) is 6.07 Å². The van der Waals surface area contributed by atoms with E-state index in [4.69, 9.17) is 27.9 Å². The molecule has 0 aromatic carbocycles. The summed E-state index contributed by atoms with van der Waals surface area (Å²) in [5.41, 5.74) is 0. The quantitative estimate of drug-likeness (QED) is 0.638. The zero-order valence-corrected chi connectivity index (χ0v) is 9.03. The number of ether oxygens (including phenoxy) is 1. The highest BCUT2D eigenvalue weighted by atomic mass is 35.5. The number of nitrogens with zero attached hydrogens (tertiary/aromatic N) is 1. The van der Waals surface area contributed by atoms with Crippen molar-refractivity contribution < 1.29 is 14.2 Å². The monoisotopic (exact) mass is 239 g/mol. The van der Waals surface area contributed by atoms with Crippen molar-refractivity contribution in [3.05, 3.63) is 22.1 Å². The maximum absolute atomic E-state index is 12.9. The molecule has 1 N–H and O–H groups in total. The number of halogens is 3. The molecule has 0 aliphatic rings. The molecule has 0 saturated heterocycles. The van der Waals surface area contributed by atoms with Gasteiger partial charge in [-0.25, -0.2) is 0 Å². The van der Waals surface area contributed by atoms with Gasteiger partial charge in [-0.1, -0.05) is 23.2 Å². The van der Waals surface area contributed by atoms with Crippen LogP contribution in [0, 0.1) is 5.95 Å². The van der Waals surface area contributed by atoms with Crippen LogP contribution >= 0.6 is 23.2 Å². The van der Waals surface area contributed by atoms with Crippen LogP contribution in [0.2, 0.25) is 10.0 Å². The molecule has 0 fully saturated rings. The van der Waals surface area contributed by atoms with E-state index in [0.29, 0.717) is 0 Å². The van der Waals surface area contributed by atoms with E-state index < -0.39 is 11.7 Å². The first-order chi connectivity index (χ1) is 6.29.